The Bertz CT molecular complexity index is 1310. The summed E-state index contributed by atoms with van der Waals surface area (Å²) < 4.78 is 15.4. The highest BCUT2D eigenvalue weighted by Crippen LogP contribution is 2.33. The molecule has 3 aromatic carbocycles. The molecule has 2 atom stereocenters. The largest absolute Gasteiger partial charge is 0.367 e. The summed E-state index contributed by atoms with van der Waals surface area (Å²) in [6, 6.07) is 25.1. The zero-order chi connectivity index (χ0) is 28.8. The van der Waals surface area contributed by atoms with E-state index in [0.29, 0.717) is 50.5 Å². The van der Waals surface area contributed by atoms with Gasteiger partial charge in [0.15, 0.2) is 0 Å². The SMILES string of the molecule is CCN(CC)C(=O)C(c1ccccc1)N1CCN(c2ccc(CC(=O)N3CCCC3c3ccccc3)cc2F)CC1. The molecule has 2 aliphatic rings. The molecule has 2 unspecified atom stereocenters. The van der Waals surface area contributed by atoms with Gasteiger partial charge in [-0.3, -0.25) is 14.5 Å². The van der Waals surface area contributed by atoms with Crippen LogP contribution in [0.2, 0.25) is 0 Å². The smallest absolute Gasteiger partial charge is 0.244 e. The Morgan fingerprint density at radius 2 is 1.54 bits per heavy atom. The van der Waals surface area contributed by atoms with E-state index < -0.39 is 0 Å². The molecular formula is C34H41FN4O2. The highest BCUT2D eigenvalue weighted by atomic mass is 19.1. The van der Waals surface area contributed by atoms with E-state index in [1.54, 1.807) is 0 Å². The molecule has 2 aliphatic heterocycles. The summed E-state index contributed by atoms with van der Waals surface area (Å²) in [6.45, 7) is 8.65. The standard InChI is InChI=1S/C34H41FN4O2/c1-3-36(4-2)34(41)33(28-14-9-6-10-15-28)38-22-20-37(21-23-38)31-18-17-26(24-29(31)35)25-32(40)39-19-11-16-30(39)27-12-7-5-8-13-27/h5-10,12-15,17-18,24,30,33H,3-4,11,16,19-23,25H2,1-2H3. The Labute approximate surface area is 243 Å². The molecule has 2 saturated heterocycles. The Balaban J connectivity index is 1.23. The topological polar surface area (TPSA) is 47.1 Å². The third-order valence-corrected chi connectivity index (χ3v) is 8.57. The summed E-state index contributed by atoms with van der Waals surface area (Å²) in [7, 11) is 0. The summed E-state index contributed by atoms with van der Waals surface area (Å²) in [5.41, 5.74) is 3.40. The van der Waals surface area contributed by atoms with Crippen molar-refractivity contribution in [2.75, 3.05) is 50.7 Å². The fraction of sp³-hybridized carbons (Fsp3) is 0.412. The van der Waals surface area contributed by atoms with Crippen molar-refractivity contribution in [1.29, 1.82) is 0 Å². The number of hydrogen-bond donors (Lipinski definition) is 0. The van der Waals surface area contributed by atoms with E-state index in [9.17, 15) is 9.59 Å². The van der Waals surface area contributed by atoms with Crippen molar-refractivity contribution >= 4 is 17.5 Å². The summed E-state index contributed by atoms with van der Waals surface area (Å²) in [5, 5.41) is 0. The number of halogens is 1. The van der Waals surface area contributed by atoms with Crippen molar-refractivity contribution in [1.82, 2.24) is 14.7 Å². The van der Waals surface area contributed by atoms with Gasteiger partial charge in [-0.05, 0) is 55.5 Å². The molecule has 0 aliphatic carbocycles. The minimum absolute atomic E-state index is 0.0435. The van der Waals surface area contributed by atoms with Crippen molar-refractivity contribution in [2.24, 2.45) is 0 Å². The first-order valence-corrected chi connectivity index (χ1v) is 15.0. The van der Waals surface area contributed by atoms with E-state index in [0.717, 1.165) is 30.5 Å². The number of nitrogens with zero attached hydrogens (tertiary/aromatic N) is 4. The number of benzene rings is 3. The van der Waals surface area contributed by atoms with Crippen LogP contribution in [-0.2, 0) is 16.0 Å². The third kappa shape index (κ3) is 6.46. The van der Waals surface area contributed by atoms with Gasteiger partial charge in [-0.25, -0.2) is 4.39 Å². The summed E-state index contributed by atoms with van der Waals surface area (Å²) in [4.78, 5) is 34.8. The second-order valence-electron chi connectivity index (χ2n) is 11.0. The molecule has 41 heavy (non-hydrogen) atoms. The number of likely N-dealkylation sites (N-methyl/N-ethyl adjacent to an activating group) is 1. The van der Waals surface area contributed by atoms with Crippen molar-refractivity contribution in [3.8, 4) is 0 Å². The van der Waals surface area contributed by atoms with Crippen molar-refractivity contribution < 1.29 is 14.0 Å². The molecule has 0 bridgehead atoms. The second-order valence-corrected chi connectivity index (χ2v) is 11.0. The number of rotatable bonds is 9. The van der Waals surface area contributed by atoms with Crippen LogP contribution in [0.15, 0.2) is 78.9 Å². The van der Waals surface area contributed by atoms with Gasteiger partial charge in [0.1, 0.15) is 11.9 Å². The van der Waals surface area contributed by atoms with Crippen molar-refractivity contribution in [2.45, 2.75) is 45.2 Å². The van der Waals surface area contributed by atoms with Crippen LogP contribution in [0.5, 0.6) is 0 Å². The molecule has 5 rings (SSSR count). The van der Waals surface area contributed by atoms with E-state index in [2.05, 4.69) is 17.0 Å². The molecule has 6 nitrogen and oxygen atoms in total. The number of likely N-dealkylation sites (tertiary alicyclic amines) is 1. The normalized spacial score (nSPS) is 18.4. The van der Waals surface area contributed by atoms with Crippen molar-refractivity contribution in [3.63, 3.8) is 0 Å². The predicted molar refractivity (Wildman–Crippen MR) is 161 cm³/mol. The van der Waals surface area contributed by atoms with Gasteiger partial charge < -0.3 is 14.7 Å². The second kappa shape index (κ2) is 13.3. The number of amides is 2. The predicted octanol–water partition coefficient (Wildman–Crippen LogP) is 5.46. The van der Waals surface area contributed by atoms with Crippen molar-refractivity contribution in [3.05, 3.63) is 101 Å². The highest BCUT2D eigenvalue weighted by molar-refractivity contribution is 5.83. The Morgan fingerprint density at radius 1 is 0.878 bits per heavy atom. The quantitative estimate of drug-likeness (QED) is 0.351. The van der Waals surface area contributed by atoms with Gasteiger partial charge >= 0.3 is 0 Å². The maximum Gasteiger partial charge on any atom is 0.244 e. The molecule has 216 valence electrons. The van der Waals surface area contributed by atoms with E-state index >= 15 is 4.39 Å². The lowest BCUT2D eigenvalue weighted by molar-refractivity contribution is -0.137. The van der Waals surface area contributed by atoms with E-state index in [-0.39, 0.29) is 36.1 Å². The Morgan fingerprint density at radius 3 is 2.17 bits per heavy atom. The maximum atomic E-state index is 15.4. The number of piperazine rings is 1. The molecule has 2 fully saturated rings. The molecule has 2 heterocycles. The van der Waals surface area contributed by atoms with Crippen LogP contribution >= 0.6 is 0 Å². The fourth-order valence-electron chi connectivity index (χ4n) is 6.35. The minimum Gasteiger partial charge on any atom is -0.367 e. The van der Waals surface area contributed by atoms with E-state index in [1.165, 1.54) is 6.07 Å². The molecular weight excluding hydrogens is 515 g/mol. The van der Waals surface area contributed by atoms with Gasteiger partial charge in [-0.1, -0.05) is 66.7 Å². The Hall–Kier alpha value is -3.71. The summed E-state index contributed by atoms with van der Waals surface area (Å²) >= 11 is 0. The number of carbonyl (C=O) groups is 2. The average Bonchev–Trinajstić information content (AvgIpc) is 3.50. The van der Waals surface area contributed by atoms with Gasteiger partial charge in [-0.15, -0.1) is 0 Å². The van der Waals surface area contributed by atoms with Crippen LogP contribution < -0.4 is 4.90 Å². The molecule has 0 spiro atoms. The number of carbonyl (C=O) groups excluding carboxylic acids is 2. The first-order chi connectivity index (χ1) is 20.0. The fourth-order valence-corrected chi connectivity index (χ4v) is 6.35. The van der Waals surface area contributed by atoms with Gasteiger partial charge in [0.25, 0.3) is 0 Å². The van der Waals surface area contributed by atoms with Crippen LogP contribution in [-0.4, -0.2) is 72.3 Å². The molecule has 3 aromatic rings. The zero-order valence-corrected chi connectivity index (χ0v) is 24.2. The molecule has 0 radical (unpaired) electrons. The lowest BCUT2D eigenvalue weighted by atomic mass is 10.0. The number of anilines is 1. The van der Waals surface area contributed by atoms with Gasteiger partial charge in [-0.2, -0.15) is 0 Å². The van der Waals surface area contributed by atoms with E-state index in [4.69, 9.17) is 0 Å². The lowest BCUT2D eigenvalue weighted by Gasteiger charge is -2.41. The monoisotopic (exact) mass is 556 g/mol. The average molecular weight is 557 g/mol. The lowest BCUT2D eigenvalue weighted by Crippen LogP contribution is -2.52. The first-order valence-electron chi connectivity index (χ1n) is 15.0. The van der Waals surface area contributed by atoms with Crippen LogP contribution in [0.25, 0.3) is 0 Å². The first kappa shape index (κ1) is 28.8. The van der Waals surface area contributed by atoms with Crippen LogP contribution in [0.1, 0.15) is 55.5 Å². The van der Waals surface area contributed by atoms with E-state index in [1.807, 2.05) is 89.2 Å². The van der Waals surface area contributed by atoms with Gasteiger partial charge in [0.2, 0.25) is 11.8 Å². The molecule has 0 aromatic heterocycles. The molecule has 2 amide bonds. The van der Waals surface area contributed by atoms with Crippen LogP contribution in [0.3, 0.4) is 0 Å². The Kier molecular flexibility index (Phi) is 9.35. The third-order valence-electron chi connectivity index (χ3n) is 8.57. The van der Waals surface area contributed by atoms with Gasteiger partial charge in [0.05, 0.1) is 18.2 Å². The summed E-state index contributed by atoms with van der Waals surface area (Å²) in [6.07, 6.45) is 2.14. The maximum absolute atomic E-state index is 15.4. The number of hydrogen-bond acceptors (Lipinski definition) is 4. The zero-order valence-electron chi connectivity index (χ0n) is 24.2. The van der Waals surface area contributed by atoms with Gasteiger partial charge in [0, 0.05) is 45.8 Å². The molecule has 0 saturated carbocycles. The van der Waals surface area contributed by atoms with Crippen LogP contribution in [0.4, 0.5) is 10.1 Å². The minimum atomic E-state index is -0.346. The molecule has 7 heteroatoms. The van der Waals surface area contributed by atoms with Crippen LogP contribution in [0, 0.1) is 5.82 Å². The highest BCUT2D eigenvalue weighted by Gasteiger charge is 2.33. The summed E-state index contributed by atoms with van der Waals surface area (Å²) in [5.74, 6) is -0.145. The molecule has 0 N–H and O–H groups in total.